The van der Waals surface area contributed by atoms with Crippen molar-refractivity contribution in [3.8, 4) is 11.5 Å². The Kier molecular flexibility index (Phi) is 11.4. The van der Waals surface area contributed by atoms with E-state index in [9.17, 15) is 23.3 Å². The first-order chi connectivity index (χ1) is 31.0. The maximum absolute atomic E-state index is 14.1. The molecule has 2 aliphatic carbocycles. The summed E-state index contributed by atoms with van der Waals surface area (Å²) in [5.41, 5.74) is 5.84. The van der Waals surface area contributed by atoms with Crippen molar-refractivity contribution < 1.29 is 27.6 Å². The monoisotopic (exact) mass is 904 g/mol. The number of hydrogen-bond donors (Lipinski definition) is 2. The molecule has 2 saturated heterocycles. The van der Waals surface area contributed by atoms with Crippen LogP contribution in [0.3, 0.4) is 0 Å². The van der Waals surface area contributed by atoms with Gasteiger partial charge in [-0.2, -0.15) is 5.10 Å². The largest absolute Gasteiger partial charge is 0.455 e. The number of benzene rings is 3. The highest BCUT2D eigenvalue weighted by Crippen LogP contribution is 2.55. The lowest BCUT2D eigenvalue weighted by molar-refractivity contribution is -0.383. The number of nitrogens with zero attached hydrogens (tertiary/aromatic N) is 6. The summed E-state index contributed by atoms with van der Waals surface area (Å²) in [4.78, 5) is 37.5. The number of sulfonamides is 1. The molecule has 3 aromatic heterocycles. The molecular weight excluding hydrogens is 856 g/mol. The Labute approximate surface area is 375 Å². The van der Waals surface area contributed by atoms with E-state index in [1.54, 1.807) is 41.3 Å². The van der Waals surface area contributed by atoms with Gasteiger partial charge in [-0.15, -0.1) is 0 Å². The first-order valence-corrected chi connectivity index (χ1v) is 23.8. The Morgan fingerprint density at radius 3 is 2.56 bits per heavy atom. The zero-order chi connectivity index (χ0) is 44.0. The third-order valence-electron chi connectivity index (χ3n) is 13.7. The van der Waals surface area contributed by atoms with Gasteiger partial charge in [-0.1, -0.05) is 35.7 Å². The number of rotatable bonds is 12. The molecule has 2 N–H and O–H groups in total. The van der Waals surface area contributed by atoms with Gasteiger partial charge < -0.3 is 19.4 Å². The molecule has 4 aliphatic rings. The number of carbonyl (C=O) groups is 1. The zero-order valence-electron chi connectivity index (χ0n) is 35.3. The minimum absolute atomic E-state index is 0.0420. The summed E-state index contributed by atoms with van der Waals surface area (Å²) in [5.74, 6) is -0.209. The van der Waals surface area contributed by atoms with E-state index in [2.05, 4.69) is 41.7 Å². The van der Waals surface area contributed by atoms with Crippen LogP contribution in [0, 0.1) is 21.4 Å². The molecule has 0 unspecified atom stereocenters. The number of carbonyl (C=O) groups excluding carboxylic acids is 1. The SMILES string of the molecule is O=C(NS(=O)(=O)c1cc([N+](=O)[O-])c2cn(CC3CCOCC3)nc2c1)c1ccc(N2CCN(CC3=C(c4ccc(Cl)cc4)CC4(CCC4)CC3)CC2)cc1Oc1cnc2[nH]ccc2c1. The number of H-pyrrole nitrogens is 1. The van der Waals surface area contributed by atoms with E-state index in [-0.39, 0.29) is 28.1 Å². The number of aromatic amines is 1. The number of anilines is 1. The van der Waals surface area contributed by atoms with Gasteiger partial charge in [0.25, 0.3) is 21.6 Å². The Bertz CT molecular complexity index is 2900. The second kappa shape index (κ2) is 17.3. The topological polar surface area (TPSA) is 178 Å². The van der Waals surface area contributed by atoms with E-state index in [1.807, 2.05) is 18.2 Å². The third-order valence-corrected chi connectivity index (χ3v) is 15.2. The van der Waals surface area contributed by atoms with E-state index in [0.717, 1.165) is 80.6 Å². The van der Waals surface area contributed by atoms with Crippen molar-refractivity contribution in [1.82, 2.24) is 29.4 Å². The molecule has 2 aliphatic heterocycles. The van der Waals surface area contributed by atoms with Crippen LogP contribution in [0.25, 0.3) is 27.5 Å². The smallest absolute Gasteiger partial charge is 0.281 e. The van der Waals surface area contributed by atoms with Crippen LogP contribution < -0.4 is 14.4 Å². The average Bonchev–Trinajstić information content (AvgIpc) is 3.93. The zero-order valence-corrected chi connectivity index (χ0v) is 36.9. The molecule has 332 valence electrons. The molecule has 3 fully saturated rings. The van der Waals surface area contributed by atoms with Gasteiger partial charge in [0.2, 0.25) is 0 Å². The minimum atomic E-state index is -4.63. The number of halogens is 1. The van der Waals surface area contributed by atoms with Gasteiger partial charge in [0.05, 0.1) is 27.0 Å². The van der Waals surface area contributed by atoms with Crippen molar-refractivity contribution in [3.63, 3.8) is 0 Å². The van der Waals surface area contributed by atoms with Gasteiger partial charge in [-0.25, -0.2) is 18.1 Å². The second-order valence-electron chi connectivity index (χ2n) is 17.7. The number of fused-ring (bicyclic) bond motifs is 2. The van der Waals surface area contributed by atoms with Crippen molar-refractivity contribution >= 4 is 66.4 Å². The van der Waals surface area contributed by atoms with E-state index in [4.69, 9.17) is 21.1 Å². The maximum atomic E-state index is 14.1. The second-order valence-corrected chi connectivity index (χ2v) is 19.8. The van der Waals surface area contributed by atoms with Crippen LogP contribution in [0.5, 0.6) is 11.5 Å². The lowest BCUT2D eigenvalue weighted by atomic mass is 9.59. The van der Waals surface area contributed by atoms with E-state index in [1.165, 1.54) is 54.7 Å². The highest BCUT2D eigenvalue weighted by atomic mass is 35.5. The number of allylic oxidation sites excluding steroid dienone is 1. The summed E-state index contributed by atoms with van der Waals surface area (Å²) in [6.07, 6.45) is 13.9. The molecule has 1 amide bonds. The minimum Gasteiger partial charge on any atom is -0.455 e. The van der Waals surface area contributed by atoms with Crippen molar-refractivity contribution in [3.05, 3.63) is 117 Å². The highest BCUT2D eigenvalue weighted by molar-refractivity contribution is 7.90. The molecule has 0 bridgehead atoms. The number of ether oxygens (including phenoxy) is 2. The normalized spacial score (nSPS) is 18.4. The van der Waals surface area contributed by atoms with Gasteiger partial charge in [0.1, 0.15) is 22.7 Å². The standard InChI is InChI=1S/C47H49ClN8O7S/c48-35-4-2-32(3-5-35)40-26-47(12-1-13-47)14-8-34(40)29-53-16-18-54(19-17-53)36-6-7-39(44(23-36)63-37-22-33-9-15-49-45(33)50-27-37)46(57)52-64(60,61)38-24-42-41(43(25-38)56(58)59)30-55(51-42)28-31-10-20-62-21-11-31/h2-7,9,15,22-25,27,30-31H,1,8,10-14,16-21,26,28-29H2,(H,49,50)(H,52,57). The summed E-state index contributed by atoms with van der Waals surface area (Å²) in [6, 6.07) is 19.2. The van der Waals surface area contributed by atoms with Crippen molar-refractivity contribution in [2.75, 3.05) is 50.8 Å². The average molecular weight is 905 g/mol. The van der Waals surface area contributed by atoms with E-state index >= 15 is 0 Å². The molecule has 10 rings (SSSR count). The van der Waals surface area contributed by atoms with Crippen LogP contribution in [-0.2, 0) is 21.3 Å². The molecular formula is C47H49ClN8O7S. The Balaban J connectivity index is 0.890. The number of nitrogens with one attached hydrogen (secondary N) is 2. The third kappa shape index (κ3) is 8.71. The van der Waals surface area contributed by atoms with Gasteiger partial charge in [0.15, 0.2) is 0 Å². The fourth-order valence-electron chi connectivity index (χ4n) is 9.87. The molecule has 1 spiro atoms. The highest BCUT2D eigenvalue weighted by Gasteiger charge is 2.41. The van der Waals surface area contributed by atoms with E-state index in [0.29, 0.717) is 36.6 Å². The Morgan fingerprint density at radius 1 is 1.02 bits per heavy atom. The van der Waals surface area contributed by atoms with Crippen LogP contribution in [0.2, 0.25) is 5.02 Å². The molecule has 64 heavy (non-hydrogen) atoms. The van der Waals surface area contributed by atoms with Crippen LogP contribution in [0.15, 0.2) is 95.8 Å². The van der Waals surface area contributed by atoms with Gasteiger partial charge in [0, 0.05) is 93.1 Å². The summed E-state index contributed by atoms with van der Waals surface area (Å²) < 4.78 is 43.4. The van der Waals surface area contributed by atoms with Crippen LogP contribution >= 0.6 is 11.6 Å². The number of aromatic nitrogens is 4. The predicted octanol–water partition coefficient (Wildman–Crippen LogP) is 8.74. The molecule has 17 heteroatoms. The Morgan fingerprint density at radius 2 is 1.81 bits per heavy atom. The van der Waals surface area contributed by atoms with E-state index < -0.39 is 31.4 Å². The van der Waals surface area contributed by atoms with Crippen LogP contribution in [-0.4, -0.2) is 89.8 Å². The number of pyridine rings is 1. The van der Waals surface area contributed by atoms with Gasteiger partial charge >= 0.3 is 0 Å². The molecule has 0 radical (unpaired) electrons. The molecule has 1 saturated carbocycles. The number of hydrogen-bond acceptors (Lipinski definition) is 11. The van der Waals surface area contributed by atoms with Crippen LogP contribution in [0.4, 0.5) is 11.4 Å². The molecule has 15 nitrogen and oxygen atoms in total. The number of amides is 1. The van der Waals surface area contributed by atoms with Gasteiger partial charge in [-0.3, -0.25) is 24.5 Å². The summed E-state index contributed by atoms with van der Waals surface area (Å²) in [5, 5.41) is 18.5. The van der Waals surface area contributed by atoms with Crippen LogP contribution in [0.1, 0.15) is 67.3 Å². The molecule has 3 aromatic carbocycles. The summed E-state index contributed by atoms with van der Waals surface area (Å²) in [7, 11) is -4.63. The predicted molar refractivity (Wildman–Crippen MR) is 244 cm³/mol. The fourth-order valence-corrected chi connectivity index (χ4v) is 11.0. The van der Waals surface area contributed by atoms with Crippen molar-refractivity contribution in [1.29, 1.82) is 0 Å². The first kappa shape index (κ1) is 42.2. The lowest BCUT2D eigenvalue weighted by Gasteiger charge is -2.47. The number of piperazine rings is 1. The molecule has 6 aromatic rings. The summed E-state index contributed by atoms with van der Waals surface area (Å²) >= 11 is 6.28. The van der Waals surface area contributed by atoms with Gasteiger partial charge in [-0.05, 0) is 110 Å². The van der Waals surface area contributed by atoms with Crippen molar-refractivity contribution in [2.24, 2.45) is 11.3 Å². The Hall–Kier alpha value is -5.81. The number of nitro groups is 1. The maximum Gasteiger partial charge on any atom is 0.281 e. The molecule has 5 heterocycles. The first-order valence-electron chi connectivity index (χ1n) is 22.0. The van der Waals surface area contributed by atoms with Crippen molar-refractivity contribution in [2.45, 2.75) is 62.8 Å². The number of nitro benzene ring substituents is 1. The summed E-state index contributed by atoms with van der Waals surface area (Å²) in [6.45, 7) is 5.81. The molecule has 0 atom stereocenters. The quantitative estimate of drug-likeness (QED) is 0.0887. The fraction of sp³-hybridized carbons (Fsp3) is 0.383. The number of non-ortho nitro benzene ring substituents is 1. The lowest BCUT2D eigenvalue weighted by Crippen LogP contribution is -2.47.